The molecule has 0 bridgehead atoms. The number of hydrogen-bond acceptors (Lipinski definition) is 2. The molecule has 0 saturated heterocycles. The highest BCUT2D eigenvalue weighted by Gasteiger charge is 2.21. The van der Waals surface area contributed by atoms with Gasteiger partial charge in [0, 0.05) is 11.6 Å². The fourth-order valence-electron chi connectivity index (χ4n) is 1.84. The zero-order chi connectivity index (χ0) is 12.8. The molecule has 2 unspecified atom stereocenters. The summed E-state index contributed by atoms with van der Waals surface area (Å²) in [5.74, 6) is -0.327. The maximum absolute atomic E-state index is 13.2. The highest BCUT2D eigenvalue weighted by atomic mass is 35.5. The number of nitrogens with two attached hydrogens (primary N) is 1. The summed E-state index contributed by atoms with van der Waals surface area (Å²) >= 11 is 6.03. The van der Waals surface area contributed by atoms with Crippen LogP contribution in [0.15, 0.2) is 18.2 Å². The summed E-state index contributed by atoms with van der Waals surface area (Å²) in [5, 5.41) is 0.486. The maximum atomic E-state index is 13.2. The second-order valence-electron chi connectivity index (χ2n) is 3.97. The quantitative estimate of drug-likeness (QED) is 0.846. The van der Waals surface area contributed by atoms with Crippen molar-refractivity contribution in [3.63, 3.8) is 0 Å². The van der Waals surface area contributed by atoms with Crippen molar-refractivity contribution < 1.29 is 9.13 Å². The van der Waals surface area contributed by atoms with Crippen molar-refractivity contribution in [2.45, 2.75) is 38.8 Å². The number of benzene rings is 1. The molecule has 2 nitrogen and oxygen atoms in total. The molecule has 0 spiro atoms. The second-order valence-corrected chi connectivity index (χ2v) is 4.38. The Morgan fingerprint density at radius 2 is 2.12 bits per heavy atom. The van der Waals surface area contributed by atoms with Crippen molar-refractivity contribution in [2.24, 2.45) is 5.73 Å². The molecule has 2 N–H and O–H groups in total. The van der Waals surface area contributed by atoms with Crippen molar-refractivity contribution in [3.05, 3.63) is 34.6 Å². The lowest BCUT2D eigenvalue weighted by molar-refractivity contribution is 0.0374. The minimum atomic E-state index is -0.391. The number of halogens is 2. The second kappa shape index (κ2) is 6.94. The van der Waals surface area contributed by atoms with Crippen molar-refractivity contribution in [3.8, 4) is 0 Å². The first-order valence-electron chi connectivity index (χ1n) is 5.92. The van der Waals surface area contributed by atoms with Crippen molar-refractivity contribution >= 4 is 11.6 Å². The highest BCUT2D eigenvalue weighted by Crippen LogP contribution is 2.27. The standard InChI is InChI=1S/C13H19ClFNO/c1-3-5-12(17-4-2)13(16)10-8-9(15)6-7-11(10)14/h6-8,12-13H,3-5,16H2,1-2H3. The first kappa shape index (κ1) is 14.4. The largest absolute Gasteiger partial charge is 0.377 e. The fourth-order valence-corrected chi connectivity index (χ4v) is 2.08. The minimum absolute atomic E-state index is 0.121. The molecule has 1 rings (SSSR count). The van der Waals surface area contributed by atoms with E-state index in [1.807, 2.05) is 6.92 Å². The fraction of sp³-hybridized carbons (Fsp3) is 0.538. The van der Waals surface area contributed by atoms with Gasteiger partial charge in [0.05, 0.1) is 12.1 Å². The van der Waals surface area contributed by atoms with Crippen molar-refractivity contribution in [1.29, 1.82) is 0 Å². The number of hydrogen-bond donors (Lipinski definition) is 1. The third kappa shape index (κ3) is 3.95. The number of ether oxygens (including phenoxy) is 1. The van der Waals surface area contributed by atoms with E-state index in [1.165, 1.54) is 18.2 Å². The zero-order valence-corrected chi connectivity index (χ0v) is 11.0. The molecule has 17 heavy (non-hydrogen) atoms. The Hall–Kier alpha value is -0.640. The van der Waals surface area contributed by atoms with Gasteiger partial charge >= 0.3 is 0 Å². The van der Waals surface area contributed by atoms with Gasteiger partial charge in [-0.25, -0.2) is 4.39 Å². The topological polar surface area (TPSA) is 35.2 Å². The molecule has 1 aromatic rings. The van der Waals surface area contributed by atoms with Crippen LogP contribution < -0.4 is 5.73 Å². The molecule has 4 heteroatoms. The Morgan fingerprint density at radius 1 is 1.41 bits per heavy atom. The Balaban J connectivity index is 2.91. The summed E-state index contributed by atoms with van der Waals surface area (Å²) in [5.41, 5.74) is 6.71. The predicted molar refractivity (Wildman–Crippen MR) is 68.7 cm³/mol. The molecular weight excluding hydrogens is 241 g/mol. The summed E-state index contributed by atoms with van der Waals surface area (Å²) < 4.78 is 18.8. The first-order chi connectivity index (χ1) is 8.10. The molecule has 0 fully saturated rings. The maximum Gasteiger partial charge on any atom is 0.123 e. The number of rotatable bonds is 6. The summed E-state index contributed by atoms with van der Waals surface area (Å²) in [7, 11) is 0. The lowest BCUT2D eigenvalue weighted by atomic mass is 9.99. The van der Waals surface area contributed by atoms with E-state index in [4.69, 9.17) is 22.1 Å². The Bertz CT molecular complexity index is 353. The Morgan fingerprint density at radius 3 is 2.71 bits per heavy atom. The Labute approximate surface area is 107 Å². The molecular formula is C13H19ClFNO. The molecule has 0 saturated carbocycles. The van der Waals surface area contributed by atoms with E-state index < -0.39 is 6.04 Å². The third-order valence-corrected chi connectivity index (χ3v) is 3.02. The highest BCUT2D eigenvalue weighted by molar-refractivity contribution is 6.31. The Kier molecular flexibility index (Phi) is 5.89. The lowest BCUT2D eigenvalue weighted by Gasteiger charge is -2.24. The van der Waals surface area contributed by atoms with Crippen LogP contribution in [0.5, 0.6) is 0 Å². The van der Waals surface area contributed by atoms with E-state index >= 15 is 0 Å². The molecule has 0 aliphatic rings. The van der Waals surface area contributed by atoms with E-state index in [1.54, 1.807) is 0 Å². The summed E-state index contributed by atoms with van der Waals surface area (Å²) in [6.07, 6.45) is 1.68. The predicted octanol–water partition coefficient (Wildman–Crippen LogP) is 3.68. The van der Waals surface area contributed by atoms with Crippen molar-refractivity contribution in [2.75, 3.05) is 6.61 Å². The van der Waals surface area contributed by atoms with Gasteiger partial charge in [0.2, 0.25) is 0 Å². The molecule has 0 aliphatic carbocycles. The molecule has 0 amide bonds. The average molecular weight is 260 g/mol. The van der Waals surface area contributed by atoms with Crippen LogP contribution in [0.25, 0.3) is 0 Å². The van der Waals surface area contributed by atoms with E-state index in [-0.39, 0.29) is 11.9 Å². The molecule has 0 heterocycles. The minimum Gasteiger partial charge on any atom is -0.377 e. The van der Waals surface area contributed by atoms with Crippen LogP contribution in [-0.2, 0) is 4.74 Å². The molecule has 0 radical (unpaired) electrons. The molecule has 1 aromatic carbocycles. The van der Waals surface area contributed by atoms with Crippen molar-refractivity contribution in [1.82, 2.24) is 0 Å². The van der Waals surface area contributed by atoms with Gasteiger partial charge < -0.3 is 10.5 Å². The summed E-state index contributed by atoms with van der Waals surface area (Å²) in [6, 6.07) is 3.85. The van der Waals surface area contributed by atoms with E-state index in [0.717, 1.165) is 12.8 Å². The van der Waals surface area contributed by atoms with Crippen LogP contribution in [0.1, 0.15) is 38.3 Å². The molecule has 0 aliphatic heterocycles. The third-order valence-electron chi connectivity index (χ3n) is 2.67. The zero-order valence-electron chi connectivity index (χ0n) is 10.2. The lowest BCUT2D eigenvalue weighted by Crippen LogP contribution is -2.29. The molecule has 0 aromatic heterocycles. The SMILES string of the molecule is CCCC(OCC)C(N)c1cc(F)ccc1Cl. The van der Waals surface area contributed by atoms with E-state index in [2.05, 4.69) is 6.92 Å². The average Bonchev–Trinajstić information content (AvgIpc) is 2.31. The summed E-state index contributed by atoms with van der Waals surface area (Å²) in [4.78, 5) is 0. The van der Waals surface area contributed by atoms with Gasteiger partial charge in [0.25, 0.3) is 0 Å². The van der Waals surface area contributed by atoms with Gasteiger partial charge in [-0.1, -0.05) is 24.9 Å². The van der Waals surface area contributed by atoms with Crippen LogP contribution in [0.4, 0.5) is 4.39 Å². The normalized spacial score (nSPS) is 14.6. The van der Waals surface area contributed by atoms with Gasteiger partial charge in [0.15, 0.2) is 0 Å². The van der Waals surface area contributed by atoms with Crippen LogP contribution in [0, 0.1) is 5.82 Å². The first-order valence-corrected chi connectivity index (χ1v) is 6.30. The van der Waals surface area contributed by atoms with E-state index in [9.17, 15) is 4.39 Å². The van der Waals surface area contributed by atoms with Gasteiger partial charge in [-0.2, -0.15) is 0 Å². The van der Waals surface area contributed by atoms with Crippen LogP contribution in [0.3, 0.4) is 0 Å². The molecule has 2 atom stereocenters. The van der Waals surface area contributed by atoms with Gasteiger partial charge in [-0.05, 0) is 37.1 Å². The smallest absolute Gasteiger partial charge is 0.123 e. The van der Waals surface area contributed by atoms with E-state index in [0.29, 0.717) is 17.2 Å². The van der Waals surface area contributed by atoms with Crippen LogP contribution in [-0.4, -0.2) is 12.7 Å². The van der Waals surface area contributed by atoms with Gasteiger partial charge in [0.1, 0.15) is 5.82 Å². The van der Waals surface area contributed by atoms with Crippen LogP contribution in [0.2, 0.25) is 5.02 Å². The van der Waals surface area contributed by atoms with Gasteiger partial charge in [-0.15, -0.1) is 0 Å². The monoisotopic (exact) mass is 259 g/mol. The molecule has 96 valence electrons. The summed E-state index contributed by atoms with van der Waals surface area (Å²) in [6.45, 7) is 4.57. The van der Waals surface area contributed by atoms with Crippen LogP contribution >= 0.6 is 11.6 Å². The van der Waals surface area contributed by atoms with Gasteiger partial charge in [-0.3, -0.25) is 0 Å².